The molecule has 1 spiro atoms. The van der Waals surface area contributed by atoms with Gasteiger partial charge in [0.15, 0.2) is 0 Å². The fourth-order valence-corrected chi connectivity index (χ4v) is 8.31. The van der Waals surface area contributed by atoms with E-state index in [4.69, 9.17) is 9.84 Å². The first-order valence-corrected chi connectivity index (χ1v) is 13.5. The topological polar surface area (TPSA) is 87.1 Å². The summed E-state index contributed by atoms with van der Waals surface area (Å²) >= 11 is 1.67. The van der Waals surface area contributed by atoms with Crippen LogP contribution in [0.3, 0.4) is 0 Å². The SMILES string of the molecule is C=CCOC(=O)[C@@H]1[C@H]2C(=O)N(CCCCCO)C(C(=O)N(CC=C)C(C)CCC)C23CC[C@H]1S3. The molecule has 3 unspecified atom stereocenters. The number of amides is 2. The minimum Gasteiger partial charge on any atom is -0.461 e. The Morgan fingerprint density at radius 2 is 2.09 bits per heavy atom. The fourth-order valence-electron chi connectivity index (χ4n) is 6.11. The molecule has 0 radical (unpaired) electrons. The smallest absolute Gasteiger partial charge is 0.311 e. The highest BCUT2D eigenvalue weighted by molar-refractivity contribution is 8.02. The van der Waals surface area contributed by atoms with E-state index in [2.05, 4.69) is 27.0 Å². The van der Waals surface area contributed by atoms with Crippen molar-refractivity contribution >= 4 is 29.5 Å². The number of aliphatic hydroxyl groups is 1. The second-order valence-electron chi connectivity index (χ2n) is 9.71. The van der Waals surface area contributed by atoms with Gasteiger partial charge in [-0.05, 0) is 45.4 Å². The van der Waals surface area contributed by atoms with Gasteiger partial charge in [0.1, 0.15) is 12.6 Å². The van der Waals surface area contributed by atoms with Gasteiger partial charge in [0.2, 0.25) is 11.8 Å². The zero-order valence-electron chi connectivity index (χ0n) is 20.6. The predicted molar refractivity (Wildman–Crippen MR) is 134 cm³/mol. The third-order valence-corrected chi connectivity index (χ3v) is 9.51. The minimum absolute atomic E-state index is 0.000904. The number of unbranched alkanes of at least 4 members (excludes halogenated alkanes) is 2. The number of nitrogens with zero attached hydrogens (tertiary/aromatic N) is 2. The number of fused-ring (bicyclic) bond motifs is 1. The van der Waals surface area contributed by atoms with E-state index >= 15 is 0 Å². The second kappa shape index (κ2) is 11.8. The van der Waals surface area contributed by atoms with Crippen LogP contribution in [0, 0.1) is 11.8 Å². The summed E-state index contributed by atoms with van der Waals surface area (Å²) in [5.74, 6) is -1.54. The van der Waals surface area contributed by atoms with Gasteiger partial charge in [0.05, 0.1) is 16.6 Å². The maximum Gasteiger partial charge on any atom is 0.311 e. The molecule has 2 amide bonds. The quantitative estimate of drug-likeness (QED) is 0.228. The van der Waals surface area contributed by atoms with E-state index in [1.807, 2.05) is 4.90 Å². The number of aliphatic hydroxyl groups excluding tert-OH is 1. The van der Waals surface area contributed by atoms with E-state index in [9.17, 15) is 14.4 Å². The third kappa shape index (κ3) is 4.81. The zero-order chi connectivity index (χ0) is 24.9. The summed E-state index contributed by atoms with van der Waals surface area (Å²) in [6.07, 6.45) is 8.82. The molecule has 6 atom stereocenters. The van der Waals surface area contributed by atoms with E-state index in [1.165, 1.54) is 6.08 Å². The molecule has 1 N–H and O–H groups in total. The first-order valence-electron chi connectivity index (χ1n) is 12.7. The predicted octanol–water partition coefficient (Wildman–Crippen LogP) is 3.17. The average molecular weight is 493 g/mol. The van der Waals surface area contributed by atoms with E-state index in [0.717, 1.165) is 32.1 Å². The largest absolute Gasteiger partial charge is 0.461 e. The van der Waals surface area contributed by atoms with Gasteiger partial charge in [0, 0.05) is 31.0 Å². The maximum absolute atomic E-state index is 14.2. The normalized spacial score (nSPS) is 30.2. The molecule has 0 saturated carbocycles. The molecule has 34 heavy (non-hydrogen) atoms. The van der Waals surface area contributed by atoms with Crippen LogP contribution in [0.2, 0.25) is 0 Å². The summed E-state index contributed by atoms with van der Waals surface area (Å²) in [4.78, 5) is 44.6. The Labute approximate surface area is 208 Å². The highest BCUT2D eigenvalue weighted by Gasteiger charge is 2.74. The summed E-state index contributed by atoms with van der Waals surface area (Å²) in [6, 6.07) is -0.556. The Balaban J connectivity index is 1.96. The van der Waals surface area contributed by atoms with Crippen molar-refractivity contribution in [2.75, 3.05) is 26.3 Å². The van der Waals surface area contributed by atoms with Crippen molar-refractivity contribution in [3.8, 4) is 0 Å². The Morgan fingerprint density at radius 3 is 2.74 bits per heavy atom. The molecule has 190 valence electrons. The molecule has 3 rings (SSSR count). The van der Waals surface area contributed by atoms with Gasteiger partial charge in [0.25, 0.3) is 0 Å². The Kier molecular flexibility index (Phi) is 9.27. The number of ether oxygens (including phenoxy) is 1. The van der Waals surface area contributed by atoms with Gasteiger partial charge >= 0.3 is 5.97 Å². The van der Waals surface area contributed by atoms with Gasteiger partial charge in [-0.25, -0.2) is 0 Å². The highest BCUT2D eigenvalue weighted by Crippen LogP contribution is 2.66. The summed E-state index contributed by atoms with van der Waals surface area (Å²) in [5, 5.41) is 9.16. The molecule has 8 heteroatoms. The third-order valence-electron chi connectivity index (χ3n) is 7.55. The minimum atomic E-state index is -0.598. The molecule has 3 saturated heterocycles. The number of esters is 1. The van der Waals surface area contributed by atoms with E-state index in [1.54, 1.807) is 22.7 Å². The molecule has 0 aromatic heterocycles. The Hall–Kier alpha value is -1.80. The second-order valence-corrected chi connectivity index (χ2v) is 11.3. The van der Waals surface area contributed by atoms with Crippen LogP contribution in [-0.4, -0.2) is 81.1 Å². The van der Waals surface area contributed by atoms with Gasteiger partial charge < -0.3 is 19.6 Å². The Bertz CT molecular complexity index is 789. The van der Waals surface area contributed by atoms with Crippen LogP contribution in [0.1, 0.15) is 58.8 Å². The van der Waals surface area contributed by atoms with Crippen molar-refractivity contribution < 1.29 is 24.2 Å². The first-order chi connectivity index (χ1) is 16.4. The van der Waals surface area contributed by atoms with Gasteiger partial charge in [-0.1, -0.05) is 32.1 Å². The highest BCUT2D eigenvalue weighted by atomic mass is 32.2. The molecule has 3 heterocycles. The number of likely N-dealkylation sites (tertiary alicyclic amines) is 1. The van der Waals surface area contributed by atoms with Crippen LogP contribution in [0.5, 0.6) is 0 Å². The molecule has 0 aromatic carbocycles. The van der Waals surface area contributed by atoms with Crippen molar-refractivity contribution in [2.24, 2.45) is 11.8 Å². The number of carbonyl (C=O) groups is 3. The van der Waals surface area contributed by atoms with Crippen molar-refractivity contribution in [3.05, 3.63) is 25.3 Å². The van der Waals surface area contributed by atoms with Gasteiger partial charge in [-0.2, -0.15) is 0 Å². The van der Waals surface area contributed by atoms with Gasteiger partial charge in [-0.3, -0.25) is 14.4 Å². The average Bonchev–Trinajstić information content (AvgIpc) is 3.46. The summed E-state index contributed by atoms with van der Waals surface area (Å²) in [7, 11) is 0. The first kappa shape index (κ1) is 26.8. The number of hydrogen-bond donors (Lipinski definition) is 1. The number of carbonyl (C=O) groups excluding carboxylic acids is 3. The molecule has 0 aliphatic carbocycles. The van der Waals surface area contributed by atoms with E-state index in [0.29, 0.717) is 25.9 Å². The van der Waals surface area contributed by atoms with Crippen LogP contribution in [-0.2, 0) is 19.1 Å². The molecular formula is C26H40N2O5S. The van der Waals surface area contributed by atoms with Crippen LogP contribution in [0.4, 0.5) is 0 Å². The molecule has 3 fully saturated rings. The summed E-state index contributed by atoms with van der Waals surface area (Å²) in [5.41, 5.74) is 0. The van der Waals surface area contributed by atoms with Crippen molar-refractivity contribution in [3.63, 3.8) is 0 Å². The lowest BCUT2D eigenvalue weighted by atomic mass is 9.71. The molecule has 0 aromatic rings. The molecule has 3 aliphatic heterocycles. The lowest BCUT2D eigenvalue weighted by Crippen LogP contribution is -2.56. The monoisotopic (exact) mass is 492 g/mol. The molecule has 3 aliphatic rings. The summed E-state index contributed by atoms with van der Waals surface area (Å²) < 4.78 is 4.81. The lowest BCUT2D eigenvalue weighted by Gasteiger charge is -2.39. The van der Waals surface area contributed by atoms with Gasteiger partial charge in [-0.15, -0.1) is 18.3 Å². The standard InChI is InChI=1S/C26H40N2O5S/c1-5-11-18(4)27(14-6-2)24(31)22-26-13-12-19(34-26)20(25(32)33-17-7-3)21(26)23(30)28(22)15-9-8-10-16-29/h6-7,18-22,29H,2-3,5,8-17H2,1,4H3/t18?,19-,20+,21+,22?,26?/m1/s1. The fraction of sp³-hybridized carbons (Fsp3) is 0.731. The van der Waals surface area contributed by atoms with Crippen LogP contribution in [0.25, 0.3) is 0 Å². The number of rotatable bonds is 14. The maximum atomic E-state index is 14.2. The molecule has 2 bridgehead atoms. The van der Waals surface area contributed by atoms with Crippen molar-refractivity contribution in [2.45, 2.75) is 80.9 Å². The van der Waals surface area contributed by atoms with Crippen LogP contribution < -0.4 is 0 Å². The van der Waals surface area contributed by atoms with Crippen molar-refractivity contribution in [1.29, 1.82) is 0 Å². The number of thioether (sulfide) groups is 1. The molecular weight excluding hydrogens is 452 g/mol. The zero-order valence-corrected chi connectivity index (χ0v) is 21.4. The summed E-state index contributed by atoms with van der Waals surface area (Å²) in [6.45, 7) is 12.7. The van der Waals surface area contributed by atoms with E-state index < -0.39 is 22.6 Å². The van der Waals surface area contributed by atoms with Crippen LogP contribution in [0.15, 0.2) is 25.3 Å². The van der Waals surface area contributed by atoms with Crippen LogP contribution >= 0.6 is 11.8 Å². The lowest BCUT2D eigenvalue weighted by molar-refractivity contribution is -0.153. The number of hydrogen-bond acceptors (Lipinski definition) is 6. The van der Waals surface area contributed by atoms with E-state index in [-0.39, 0.29) is 42.3 Å². The Morgan fingerprint density at radius 1 is 1.32 bits per heavy atom. The van der Waals surface area contributed by atoms with Crippen molar-refractivity contribution in [1.82, 2.24) is 9.80 Å². The molecule has 7 nitrogen and oxygen atoms in total.